The second kappa shape index (κ2) is 5.50. The monoisotopic (exact) mass is 277 g/mol. The average Bonchev–Trinajstić information content (AvgIpc) is 2.86. The zero-order valence-electron chi connectivity index (χ0n) is 11.6. The van der Waals surface area contributed by atoms with E-state index in [1.54, 1.807) is 6.20 Å². The lowest BCUT2D eigenvalue weighted by molar-refractivity contribution is -0.188. The summed E-state index contributed by atoms with van der Waals surface area (Å²) in [6, 6.07) is 3.94. The van der Waals surface area contributed by atoms with Crippen LogP contribution < -0.4 is 0 Å². The van der Waals surface area contributed by atoms with Gasteiger partial charge in [-0.25, -0.2) is 0 Å². The Morgan fingerprint density at radius 3 is 3.05 bits per heavy atom. The molecule has 0 amide bonds. The van der Waals surface area contributed by atoms with Crippen molar-refractivity contribution in [2.24, 2.45) is 5.92 Å². The fourth-order valence-corrected chi connectivity index (χ4v) is 3.01. The molecule has 1 atom stereocenters. The average molecular weight is 277 g/mol. The molecule has 1 saturated heterocycles. The zero-order valence-corrected chi connectivity index (χ0v) is 11.6. The molecule has 5 nitrogen and oxygen atoms in total. The molecule has 1 aliphatic heterocycles. The number of fused-ring (bicyclic) bond motifs is 2. The van der Waals surface area contributed by atoms with E-state index in [1.807, 2.05) is 19.1 Å². The van der Waals surface area contributed by atoms with Crippen molar-refractivity contribution < 1.29 is 19.0 Å². The number of aromatic nitrogens is 1. The molecule has 1 unspecified atom stereocenters. The molecular formula is C15H19NO4. The highest BCUT2D eigenvalue weighted by atomic mass is 16.7. The maximum absolute atomic E-state index is 12.1. The maximum atomic E-state index is 12.1. The molecule has 20 heavy (non-hydrogen) atoms. The van der Waals surface area contributed by atoms with Gasteiger partial charge in [0, 0.05) is 12.6 Å². The van der Waals surface area contributed by atoms with Gasteiger partial charge < -0.3 is 14.2 Å². The number of rotatable bonds is 2. The highest BCUT2D eigenvalue weighted by Crippen LogP contribution is 2.42. The van der Waals surface area contributed by atoms with Crippen LogP contribution in [0.2, 0.25) is 0 Å². The summed E-state index contributed by atoms with van der Waals surface area (Å²) in [5.74, 6) is -1.24. The van der Waals surface area contributed by atoms with Crippen molar-refractivity contribution in [3.05, 3.63) is 29.6 Å². The second-order valence-electron chi connectivity index (χ2n) is 5.15. The predicted octanol–water partition coefficient (Wildman–Crippen LogP) is 1.80. The van der Waals surface area contributed by atoms with E-state index in [2.05, 4.69) is 4.98 Å². The van der Waals surface area contributed by atoms with Gasteiger partial charge in [-0.3, -0.25) is 9.78 Å². The molecule has 0 bridgehead atoms. The molecule has 0 radical (unpaired) electrons. The van der Waals surface area contributed by atoms with Crippen LogP contribution in [0.25, 0.3) is 0 Å². The topological polar surface area (TPSA) is 57.7 Å². The molecular weight excluding hydrogens is 258 g/mol. The van der Waals surface area contributed by atoms with Crippen molar-refractivity contribution in [1.82, 2.24) is 4.98 Å². The summed E-state index contributed by atoms with van der Waals surface area (Å²) in [4.78, 5) is 16.5. The lowest BCUT2D eigenvalue weighted by atomic mass is 9.96. The first kappa shape index (κ1) is 13.5. The van der Waals surface area contributed by atoms with Crippen LogP contribution in [0.5, 0.6) is 0 Å². The molecule has 1 aliphatic carbocycles. The van der Waals surface area contributed by atoms with Gasteiger partial charge in [-0.1, -0.05) is 6.07 Å². The van der Waals surface area contributed by atoms with E-state index in [1.165, 1.54) is 0 Å². The molecule has 3 rings (SSSR count). The number of hydrogen-bond donors (Lipinski definition) is 0. The van der Waals surface area contributed by atoms with Crippen LogP contribution in [0.3, 0.4) is 0 Å². The Morgan fingerprint density at radius 2 is 2.30 bits per heavy atom. The van der Waals surface area contributed by atoms with E-state index in [4.69, 9.17) is 14.2 Å². The van der Waals surface area contributed by atoms with E-state index in [-0.39, 0.29) is 11.9 Å². The van der Waals surface area contributed by atoms with Crippen LogP contribution in [-0.2, 0) is 31.2 Å². The highest BCUT2D eigenvalue weighted by molar-refractivity contribution is 5.72. The van der Waals surface area contributed by atoms with Gasteiger partial charge in [-0.15, -0.1) is 0 Å². The van der Waals surface area contributed by atoms with E-state index >= 15 is 0 Å². The molecule has 1 fully saturated rings. The predicted molar refractivity (Wildman–Crippen MR) is 70.9 cm³/mol. The van der Waals surface area contributed by atoms with Crippen molar-refractivity contribution in [3.63, 3.8) is 0 Å². The SMILES string of the molecule is CCOC(=O)C1CCc2cccnc2C2(C1)OCCO2. The van der Waals surface area contributed by atoms with Crippen LogP contribution in [0.4, 0.5) is 0 Å². The Labute approximate surface area is 118 Å². The molecule has 1 spiro atoms. The quantitative estimate of drug-likeness (QED) is 0.771. The van der Waals surface area contributed by atoms with E-state index in [0.717, 1.165) is 24.1 Å². The van der Waals surface area contributed by atoms with Gasteiger partial charge in [0.15, 0.2) is 0 Å². The number of esters is 1. The van der Waals surface area contributed by atoms with E-state index < -0.39 is 5.79 Å². The number of aryl methyl sites for hydroxylation is 1. The van der Waals surface area contributed by atoms with Crippen LogP contribution >= 0.6 is 0 Å². The summed E-state index contributed by atoms with van der Waals surface area (Å²) in [6.45, 7) is 3.29. The first-order chi connectivity index (χ1) is 9.75. The Morgan fingerprint density at radius 1 is 1.50 bits per heavy atom. The molecule has 1 aromatic heterocycles. The zero-order chi connectivity index (χ0) is 14.0. The van der Waals surface area contributed by atoms with Gasteiger partial charge in [0.1, 0.15) is 5.69 Å². The summed E-state index contributed by atoms with van der Waals surface area (Å²) in [7, 11) is 0. The lowest BCUT2D eigenvalue weighted by Crippen LogP contribution is -2.33. The Balaban J connectivity index is 1.94. The summed E-state index contributed by atoms with van der Waals surface area (Å²) >= 11 is 0. The van der Waals surface area contributed by atoms with Crippen LogP contribution in [-0.4, -0.2) is 30.8 Å². The third kappa shape index (κ3) is 2.31. The molecule has 0 N–H and O–H groups in total. The normalized spacial score (nSPS) is 24.1. The molecule has 2 heterocycles. The van der Waals surface area contributed by atoms with E-state index in [9.17, 15) is 4.79 Å². The number of pyridine rings is 1. The minimum atomic E-state index is -0.871. The minimum absolute atomic E-state index is 0.168. The van der Waals surface area contributed by atoms with Crippen LogP contribution in [0.15, 0.2) is 18.3 Å². The molecule has 5 heteroatoms. The first-order valence-electron chi connectivity index (χ1n) is 7.14. The van der Waals surface area contributed by atoms with E-state index in [0.29, 0.717) is 26.2 Å². The number of nitrogens with zero attached hydrogens (tertiary/aromatic N) is 1. The molecule has 1 aromatic rings. The summed E-state index contributed by atoms with van der Waals surface area (Å²) in [5.41, 5.74) is 1.92. The van der Waals surface area contributed by atoms with Gasteiger partial charge in [-0.05, 0) is 31.4 Å². The van der Waals surface area contributed by atoms with Crippen molar-refractivity contribution in [2.75, 3.05) is 19.8 Å². The van der Waals surface area contributed by atoms with Crippen LogP contribution in [0, 0.1) is 5.92 Å². The highest BCUT2D eigenvalue weighted by Gasteiger charge is 2.46. The summed E-state index contributed by atoms with van der Waals surface area (Å²) in [5, 5.41) is 0. The summed E-state index contributed by atoms with van der Waals surface area (Å²) in [6.07, 6.45) is 3.76. The van der Waals surface area contributed by atoms with Crippen molar-refractivity contribution >= 4 is 5.97 Å². The smallest absolute Gasteiger partial charge is 0.309 e. The van der Waals surface area contributed by atoms with Gasteiger partial charge in [0.25, 0.3) is 0 Å². The molecule has 108 valence electrons. The molecule has 0 aromatic carbocycles. The Bertz CT molecular complexity index is 496. The number of ether oxygens (including phenoxy) is 3. The molecule has 0 saturated carbocycles. The number of carbonyl (C=O) groups is 1. The minimum Gasteiger partial charge on any atom is -0.466 e. The Kier molecular flexibility index (Phi) is 3.72. The van der Waals surface area contributed by atoms with Crippen molar-refractivity contribution in [1.29, 1.82) is 0 Å². The van der Waals surface area contributed by atoms with Gasteiger partial charge >= 0.3 is 5.97 Å². The largest absolute Gasteiger partial charge is 0.466 e. The van der Waals surface area contributed by atoms with Crippen LogP contribution in [0.1, 0.15) is 31.0 Å². The van der Waals surface area contributed by atoms with Gasteiger partial charge in [-0.2, -0.15) is 0 Å². The third-order valence-corrected chi connectivity index (χ3v) is 3.90. The fraction of sp³-hybridized carbons (Fsp3) is 0.600. The maximum Gasteiger partial charge on any atom is 0.309 e. The summed E-state index contributed by atoms with van der Waals surface area (Å²) < 4.78 is 16.9. The van der Waals surface area contributed by atoms with Gasteiger partial charge in [0.2, 0.25) is 5.79 Å². The van der Waals surface area contributed by atoms with Crippen molar-refractivity contribution in [2.45, 2.75) is 32.0 Å². The lowest BCUT2D eigenvalue weighted by Gasteiger charge is -2.28. The fourth-order valence-electron chi connectivity index (χ4n) is 3.01. The van der Waals surface area contributed by atoms with Crippen molar-refractivity contribution in [3.8, 4) is 0 Å². The third-order valence-electron chi connectivity index (χ3n) is 3.90. The number of hydrogen-bond acceptors (Lipinski definition) is 5. The Hall–Kier alpha value is -1.46. The first-order valence-corrected chi connectivity index (χ1v) is 7.14. The number of carbonyl (C=O) groups excluding carboxylic acids is 1. The van der Waals surface area contributed by atoms with Gasteiger partial charge in [0.05, 0.1) is 25.7 Å². The second-order valence-corrected chi connectivity index (χ2v) is 5.15. The standard InChI is InChI=1S/C15H19NO4/c1-2-18-14(17)12-6-5-11-4-3-7-16-13(11)15(10-12)19-8-9-20-15/h3-4,7,12H,2,5-6,8-10H2,1H3. The molecule has 2 aliphatic rings.